The van der Waals surface area contributed by atoms with Crippen molar-refractivity contribution in [3.63, 3.8) is 0 Å². The molecule has 0 radical (unpaired) electrons. The van der Waals surface area contributed by atoms with Gasteiger partial charge in [0.25, 0.3) is 0 Å². The van der Waals surface area contributed by atoms with E-state index in [1.165, 1.54) is 21.6 Å². The van der Waals surface area contributed by atoms with Crippen molar-refractivity contribution in [1.82, 2.24) is 35.6 Å². The summed E-state index contributed by atoms with van der Waals surface area (Å²) in [7, 11) is 0. The van der Waals surface area contributed by atoms with Gasteiger partial charge in [0, 0.05) is 38.4 Å². The van der Waals surface area contributed by atoms with E-state index in [0.29, 0.717) is 50.6 Å². The Balaban J connectivity index is 1.32. The molecule has 0 spiro atoms. The quantitative estimate of drug-likeness (QED) is 0.345. The van der Waals surface area contributed by atoms with Crippen LogP contribution in [0.25, 0.3) is 0 Å². The minimum Gasteiger partial charge on any atom is -0.458 e. The average Bonchev–Trinajstić information content (AvgIpc) is 3.83. The summed E-state index contributed by atoms with van der Waals surface area (Å²) in [5.41, 5.74) is 1.45. The first-order valence-electron chi connectivity index (χ1n) is 19.4. The highest BCUT2D eigenvalue weighted by Gasteiger charge is 2.47. The van der Waals surface area contributed by atoms with Crippen molar-refractivity contribution in [3.8, 4) is 0 Å². The summed E-state index contributed by atoms with van der Waals surface area (Å²) in [6, 6.07) is 6.25. The van der Waals surface area contributed by atoms with Crippen molar-refractivity contribution in [2.75, 3.05) is 19.6 Å². The number of nitrogens with zero attached hydrogens (tertiary/aromatic N) is 4. The van der Waals surface area contributed by atoms with Gasteiger partial charge in [-0.3, -0.25) is 33.8 Å². The van der Waals surface area contributed by atoms with Crippen molar-refractivity contribution in [2.45, 2.75) is 114 Å². The van der Waals surface area contributed by atoms with Gasteiger partial charge in [-0.1, -0.05) is 37.3 Å². The topological polar surface area (TPSA) is 187 Å². The predicted molar refractivity (Wildman–Crippen MR) is 198 cm³/mol. The fraction of sp³-hybridized carbons (Fsp3) is 0.550. The van der Waals surface area contributed by atoms with Gasteiger partial charge in [-0.25, -0.2) is 4.79 Å². The zero-order valence-corrected chi connectivity index (χ0v) is 31.6. The average molecular weight is 758 g/mol. The minimum absolute atomic E-state index is 0.0157. The Labute approximate surface area is 320 Å². The number of pyridine rings is 1. The molecule has 15 nitrogen and oxygen atoms in total. The molecule has 6 amide bonds. The van der Waals surface area contributed by atoms with E-state index in [1.807, 2.05) is 37.3 Å². The van der Waals surface area contributed by atoms with Gasteiger partial charge in [-0.2, -0.15) is 0 Å². The van der Waals surface area contributed by atoms with E-state index in [1.54, 1.807) is 31.5 Å². The largest absolute Gasteiger partial charge is 0.458 e. The third-order valence-electron chi connectivity index (χ3n) is 11.1. The summed E-state index contributed by atoms with van der Waals surface area (Å²) in [5, 5.41) is 8.43. The van der Waals surface area contributed by atoms with Crippen LogP contribution in [0.15, 0.2) is 54.9 Å². The zero-order valence-electron chi connectivity index (χ0n) is 31.6. The van der Waals surface area contributed by atoms with Crippen LogP contribution in [0.2, 0.25) is 0 Å². The summed E-state index contributed by atoms with van der Waals surface area (Å²) < 4.78 is 5.95. The Kier molecular flexibility index (Phi) is 12.5. The molecule has 4 saturated heterocycles. The maximum Gasteiger partial charge on any atom is 0.329 e. The Morgan fingerprint density at radius 1 is 0.818 bits per heavy atom. The third-order valence-corrected chi connectivity index (χ3v) is 11.1. The summed E-state index contributed by atoms with van der Waals surface area (Å²) >= 11 is 0. The zero-order chi connectivity index (χ0) is 39.2. The molecular formula is C40H51N7O8. The van der Waals surface area contributed by atoms with Crippen LogP contribution in [0.5, 0.6) is 0 Å². The number of piperidine rings is 1. The maximum absolute atomic E-state index is 14.7. The molecule has 0 bridgehead atoms. The van der Waals surface area contributed by atoms with Crippen molar-refractivity contribution >= 4 is 41.4 Å². The molecule has 4 aliphatic rings. The number of fused-ring (bicyclic) bond motifs is 3. The highest BCUT2D eigenvalue weighted by atomic mass is 16.5. The molecule has 4 aliphatic heterocycles. The number of benzene rings is 1. The minimum atomic E-state index is -1.45. The number of hydrogen-bond donors (Lipinski definition) is 3. The third kappa shape index (κ3) is 9.14. The first-order chi connectivity index (χ1) is 26.4. The number of cyclic esters (lactones) is 1. The van der Waals surface area contributed by atoms with E-state index < -0.39 is 77.9 Å². The lowest BCUT2D eigenvalue weighted by atomic mass is 9.99. The van der Waals surface area contributed by atoms with E-state index in [0.717, 1.165) is 5.56 Å². The molecule has 15 heteroatoms. The van der Waals surface area contributed by atoms with Crippen LogP contribution in [0, 0.1) is 5.92 Å². The van der Waals surface area contributed by atoms with Gasteiger partial charge in [0.1, 0.15) is 42.4 Å². The smallest absolute Gasteiger partial charge is 0.329 e. The number of amides is 6. The highest BCUT2D eigenvalue weighted by Crippen LogP contribution is 2.28. The van der Waals surface area contributed by atoms with Crippen LogP contribution in [0.1, 0.15) is 70.4 Å². The Bertz CT molecular complexity index is 1760. The number of esters is 1. The van der Waals surface area contributed by atoms with Gasteiger partial charge >= 0.3 is 5.97 Å². The summed E-state index contributed by atoms with van der Waals surface area (Å²) in [4.78, 5) is 106. The van der Waals surface area contributed by atoms with Crippen LogP contribution in [-0.4, -0.2) is 123 Å². The molecular weight excluding hydrogens is 706 g/mol. The van der Waals surface area contributed by atoms with Crippen molar-refractivity contribution in [1.29, 1.82) is 0 Å². The van der Waals surface area contributed by atoms with E-state index in [-0.39, 0.29) is 37.8 Å². The second kappa shape index (κ2) is 17.4. The first-order valence-corrected chi connectivity index (χ1v) is 19.4. The lowest BCUT2D eigenvalue weighted by molar-refractivity contribution is -0.163. The molecule has 1 aromatic heterocycles. The van der Waals surface area contributed by atoms with Gasteiger partial charge in [0.15, 0.2) is 0 Å². The fourth-order valence-electron chi connectivity index (χ4n) is 8.21. The lowest BCUT2D eigenvalue weighted by Gasteiger charge is -2.39. The summed E-state index contributed by atoms with van der Waals surface area (Å²) in [5.74, 6) is -3.84. The molecule has 0 aliphatic carbocycles. The number of rotatable bonds is 7. The Morgan fingerprint density at radius 3 is 2.25 bits per heavy atom. The number of carbonyl (C=O) groups is 7. The van der Waals surface area contributed by atoms with Crippen LogP contribution < -0.4 is 16.0 Å². The number of carbonyl (C=O) groups excluding carboxylic acids is 7. The first kappa shape index (κ1) is 39.4. The molecule has 1 aromatic carbocycles. The van der Waals surface area contributed by atoms with Crippen molar-refractivity contribution in [2.24, 2.45) is 5.92 Å². The number of aromatic nitrogens is 1. The molecule has 8 atom stereocenters. The van der Waals surface area contributed by atoms with Gasteiger partial charge in [-0.05, 0) is 81.5 Å². The van der Waals surface area contributed by atoms with Crippen molar-refractivity contribution < 1.29 is 38.3 Å². The molecule has 2 aromatic rings. The summed E-state index contributed by atoms with van der Waals surface area (Å²) in [6.45, 7) is 5.76. The molecule has 0 saturated carbocycles. The maximum atomic E-state index is 14.7. The van der Waals surface area contributed by atoms with Gasteiger partial charge < -0.3 is 35.4 Å². The molecule has 55 heavy (non-hydrogen) atoms. The molecule has 6 rings (SSSR count). The second-order valence-electron chi connectivity index (χ2n) is 15.3. The van der Waals surface area contributed by atoms with Gasteiger partial charge in [-0.15, -0.1) is 0 Å². The van der Waals surface area contributed by atoms with Crippen LogP contribution in [0.3, 0.4) is 0 Å². The standard InChI is InChI=1S/C40H51N7O8/c1-24-20-32-40(54)55-26(3)34(44-35(49)29(21-27-10-5-4-6-11-27)43-33(48)22-28-14-16-41-17-15-28)39(53)46-19-9-13-31(46)38(52)45-18-8-7-12-30(45)36(50)42-25(2)37(51)47(32)23-24/h4-6,10-11,14-17,24-26,29-32,34H,7-9,12-13,18-23H2,1-3H3,(H,42,50)(H,43,48)(H,44,49)/t24-,25+,26+,29+,30+,31+,32+,34+/m1/s1. The lowest BCUT2D eigenvalue weighted by Crippen LogP contribution is -2.63. The highest BCUT2D eigenvalue weighted by molar-refractivity contribution is 5.98. The SMILES string of the molecule is C[C@@H]1C[C@H]2C(=O)O[C@@H](C)[C@H](NC(=O)[C@H](Cc3ccccc3)NC(=O)Cc3ccncc3)C(=O)N3CCC[C@H]3C(=O)N3CCCC[C@H]3C(=O)N[C@@H](C)C(=O)N2C1. The van der Waals surface area contributed by atoms with Gasteiger partial charge in [0.2, 0.25) is 35.4 Å². The van der Waals surface area contributed by atoms with E-state index in [2.05, 4.69) is 20.9 Å². The van der Waals surface area contributed by atoms with E-state index in [4.69, 9.17) is 4.74 Å². The fourth-order valence-corrected chi connectivity index (χ4v) is 8.21. The van der Waals surface area contributed by atoms with Gasteiger partial charge in [0.05, 0.1) is 6.42 Å². The summed E-state index contributed by atoms with van der Waals surface area (Å²) in [6.07, 6.45) is 4.94. The Hall–Kier alpha value is -5.34. The van der Waals surface area contributed by atoms with Crippen LogP contribution in [0.4, 0.5) is 0 Å². The molecule has 0 unspecified atom stereocenters. The molecule has 4 fully saturated rings. The van der Waals surface area contributed by atoms with E-state index >= 15 is 0 Å². The van der Waals surface area contributed by atoms with Crippen LogP contribution in [-0.2, 0) is 51.1 Å². The second-order valence-corrected chi connectivity index (χ2v) is 15.3. The van der Waals surface area contributed by atoms with E-state index in [9.17, 15) is 33.6 Å². The number of nitrogens with one attached hydrogen (secondary N) is 3. The van der Waals surface area contributed by atoms with Crippen molar-refractivity contribution in [3.05, 3.63) is 66.0 Å². The number of ether oxygens (including phenoxy) is 1. The van der Waals surface area contributed by atoms with Crippen LogP contribution >= 0.6 is 0 Å². The molecule has 3 N–H and O–H groups in total. The molecule has 294 valence electrons. The normalized spacial score (nSPS) is 28.4. The predicted octanol–water partition coefficient (Wildman–Crippen LogP) is 0.896. The Morgan fingerprint density at radius 2 is 1.51 bits per heavy atom. The molecule has 5 heterocycles. The monoisotopic (exact) mass is 757 g/mol. The number of hydrogen-bond acceptors (Lipinski definition) is 9.